The fourth-order valence-corrected chi connectivity index (χ4v) is 3.64. The molecule has 0 spiro atoms. The molecule has 0 radical (unpaired) electrons. The minimum atomic E-state index is -0.527. The molecule has 162 valence electrons. The number of unbranched alkanes of at least 4 members (excludes halogenated alkanes) is 2. The van der Waals surface area contributed by atoms with Crippen molar-refractivity contribution in [1.82, 2.24) is 4.98 Å². The van der Waals surface area contributed by atoms with Crippen molar-refractivity contribution in [1.29, 1.82) is 0 Å². The summed E-state index contributed by atoms with van der Waals surface area (Å²) in [5.74, 6) is -0.581. The third kappa shape index (κ3) is 6.24. The Hall–Kier alpha value is -3.01. The Bertz CT molecular complexity index is 898. The van der Waals surface area contributed by atoms with Crippen molar-refractivity contribution >= 4 is 34.0 Å². The van der Waals surface area contributed by atoms with Gasteiger partial charge in [0.25, 0.3) is 11.6 Å². The van der Waals surface area contributed by atoms with E-state index in [2.05, 4.69) is 11.9 Å². The molecular formula is C20H25N3O6S. The summed E-state index contributed by atoms with van der Waals surface area (Å²) >= 11 is 1.10. The Morgan fingerprint density at radius 1 is 1.27 bits per heavy atom. The highest BCUT2D eigenvalue weighted by Gasteiger charge is 2.24. The summed E-state index contributed by atoms with van der Waals surface area (Å²) in [4.78, 5) is 41.6. The zero-order valence-corrected chi connectivity index (χ0v) is 18.1. The van der Waals surface area contributed by atoms with E-state index in [9.17, 15) is 19.7 Å². The number of benzene rings is 1. The van der Waals surface area contributed by atoms with E-state index in [-0.39, 0.29) is 30.6 Å². The van der Waals surface area contributed by atoms with Gasteiger partial charge in [0.15, 0.2) is 11.7 Å². The van der Waals surface area contributed by atoms with Crippen molar-refractivity contribution in [2.75, 3.05) is 24.7 Å². The lowest BCUT2D eigenvalue weighted by Crippen LogP contribution is -2.35. The summed E-state index contributed by atoms with van der Waals surface area (Å²) in [5, 5.41) is 11.3. The maximum absolute atomic E-state index is 12.9. The number of nitro benzene ring substituents is 1. The minimum Gasteiger partial charge on any atom is -0.483 e. The standard InChI is InChI=1S/C20H25N3O6S/c1-4-6-7-11-22(20-21-14(3)18(30-20)19(25)28-5-2)17(24)13-29-16-10-8-9-15(12-16)23(26)27/h8-10,12H,4-7,11,13H2,1-3H3. The Morgan fingerprint density at radius 2 is 2.03 bits per heavy atom. The third-order valence-corrected chi connectivity index (χ3v) is 5.31. The van der Waals surface area contributed by atoms with Crippen LogP contribution in [0.1, 0.15) is 48.5 Å². The number of aromatic nitrogens is 1. The van der Waals surface area contributed by atoms with Crippen molar-refractivity contribution in [3.05, 3.63) is 45.0 Å². The van der Waals surface area contributed by atoms with E-state index in [1.807, 2.05) is 0 Å². The fraction of sp³-hybridized carbons (Fsp3) is 0.450. The number of thiazole rings is 1. The van der Waals surface area contributed by atoms with E-state index >= 15 is 0 Å². The van der Waals surface area contributed by atoms with E-state index in [4.69, 9.17) is 9.47 Å². The van der Waals surface area contributed by atoms with Gasteiger partial charge in [0, 0.05) is 12.6 Å². The molecule has 1 amide bonds. The molecule has 10 heteroatoms. The lowest BCUT2D eigenvalue weighted by molar-refractivity contribution is -0.384. The summed E-state index contributed by atoms with van der Waals surface area (Å²) in [6.45, 7) is 5.86. The normalized spacial score (nSPS) is 10.5. The molecule has 0 N–H and O–H groups in total. The number of non-ortho nitro benzene ring substituents is 1. The number of carbonyl (C=O) groups is 2. The average molecular weight is 436 g/mol. The number of nitro groups is 1. The van der Waals surface area contributed by atoms with E-state index in [0.717, 1.165) is 30.6 Å². The Balaban J connectivity index is 2.16. The van der Waals surface area contributed by atoms with Gasteiger partial charge in [-0.2, -0.15) is 0 Å². The highest BCUT2D eigenvalue weighted by atomic mass is 32.1. The molecule has 9 nitrogen and oxygen atoms in total. The van der Waals surface area contributed by atoms with E-state index < -0.39 is 10.9 Å². The van der Waals surface area contributed by atoms with Crippen LogP contribution in [0, 0.1) is 17.0 Å². The van der Waals surface area contributed by atoms with Crippen LogP contribution in [0.5, 0.6) is 5.75 Å². The van der Waals surface area contributed by atoms with Crippen LogP contribution in [0.15, 0.2) is 24.3 Å². The molecule has 0 unspecified atom stereocenters. The molecule has 0 aliphatic rings. The molecule has 1 heterocycles. The molecule has 0 saturated heterocycles. The van der Waals surface area contributed by atoms with Crippen molar-refractivity contribution in [2.45, 2.75) is 40.0 Å². The van der Waals surface area contributed by atoms with Crippen molar-refractivity contribution in [3.8, 4) is 5.75 Å². The SMILES string of the molecule is CCCCCN(C(=O)COc1cccc([N+](=O)[O-])c1)c1nc(C)c(C(=O)OCC)s1. The number of nitrogens with zero attached hydrogens (tertiary/aromatic N) is 3. The maximum Gasteiger partial charge on any atom is 0.350 e. The van der Waals surface area contributed by atoms with Crippen LogP contribution >= 0.6 is 11.3 Å². The van der Waals surface area contributed by atoms with Crippen LogP contribution in [-0.4, -0.2) is 41.5 Å². The molecule has 1 aromatic carbocycles. The van der Waals surface area contributed by atoms with E-state index in [0.29, 0.717) is 22.2 Å². The molecule has 0 saturated carbocycles. The van der Waals surface area contributed by atoms with Gasteiger partial charge in [-0.05, 0) is 26.3 Å². The number of carbonyl (C=O) groups excluding carboxylic acids is 2. The first-order chi connectivity index (χ1) is 14.4. The van der Waals surface area contributed by atoms with Crippen molar-refractivity contribution in [3.63, 3.8) is 0 Å². The molecule has 2 rings (SSSR count). The number of ether oxygens (including phenoxy) is 2. The molecule has 0 aliphatic heterocycles. The molecule has 0 aliphatic carbocycles. The highest BCUT2D eigenvalue weighted by molar-refractivity contribution is 7.17. The molecule has 1 aromatic heterocycles. The number of rotatable bonds is 11. The van der Waals surface area contributed by atoms with Crippen molar-refractivity contribution in [2.24, 2.45) is 0 Å². The predicted molar refractivity (Wildman–Crippen MR) is 113 cm³/mol. The van der Waals surface area contributed by atoms with E-state index in [1.165, 1.54) is 23.1 Å². The first kappa shape index (κ1) is 23.3. The minimum absolute atomic E-state index is 0.116. The number of aryl methyl sites for hydroxylation is 1. The van der Waals surface area contributed by atoms with E-state index in [1.54, 1.807) is 19.9 Å². The van der Waals surface area contributed by atoms with Gasteiger partial charge in [-0.1, -0.05) is 37.2 Å². The van der Waals surface area contributed by atoms with Crippen LogP contribution in [-0.2, 0) is 9.53 Å². The number of hydrogen-bond donors (Lipinski definition) is 0. The van der Waals surface area contributed by atoms with Crippen LogP contribution < -0.4 is 9.64 Å². The predicted octanol–water partition coefficient (Wildman–Crippen LogP) is 4.14. The fourth-order valence-electron chi connectivity index (χ4n) is 2.64. The number of hydrogen-bond acceptors (Lipinski definition) is 8. The van der Waals surface area contributed by atoms with Gasteiger partial charge in [0.05, 0.1) is 23.3 Å². The van der Waals surface area contributed by atoms with Gasteiger partial charge in [0.1, 0.15) is 10.6 Å². The average Bonchev–Trinajstić information content (AvgIpc) is 3.11. The smallest absolute Gasteiger partial charge is 0.350 e. The third-order valence-electron chi connectivity index (χ3n) is 4.15. The van der Waals surface area contributed by atoms with Gasteiger partial charge in [-0.15, -0.1) is 0 Å². The first-order valence-electron chi connectivity index (χ1n) is 9.69. The summed E-state index contributed by atoms with van der Waals surface area (Å²) < 4.78 is 10.5. The number of anilines is 1. The second kappa shape index (κ2) is 11.2. The summed E-state index contributed by atoms with van der Waals surface area (Å²) in [5.41, 5.74) is 0.385. The molecule has 2 aromatic rings. The van der Waals surface area contributed by atoms with Gasteiger partial charge in [0.2, 0.25) is 0 Å². The second-order valence-corrected chi connectivity index (χ2v) is 7.40. The topological polar surface area (TPSA) is 112 Å². The van der Waals surface area contributed by atoms with Crippen LogP contribution in [0.4, 0.5) is 10.8 Å². The lowest BCUT2D eigenvalue weighted by Gasteiger charge is -2.20. The zero-order valence-electron chi connectivity index (χ0n) is 17.3. The van der Waals surface area contributed by atoms with Gasteiger partial charge in [-0.25, -0.2) is 9.78 Å². The molecule has 30 heavy (non-hydrogen) atoms. The van der Waals surface area contributed by atoms with Crippen LogP contribution in [0.25, 0.3) is 0 Å². The van der Waals surface area contributed by atoms with Gasteiger partial charge in [-0.3, -0.25) is 19.8 Å². The molecule has 0 atom stereocenters. The summed E-state index contributed by atoms with van der Waals surface area (Å²) in [6, 6.07) is 5.66. The van der Waals surface area contributed by atoms with Crippen LogP contribution in [0.2, 0.25) is 0 Å². The monoisotopic (exact) mass is 435 g/mol. The Kier molecular flexibility index (Phi) is 8.72. The van der Waals surface area contributed by atoms with Crippen molar-refractivity contribution < 1.29 is 24.0 Å². The lowest BCUT2D eigenvalue weighted by atomic mass is 10.2. The van der Waals surface area contributed by atoms with Gasteiger partial charge < -0.3 is 9.47 Å². The van der Waals surface area contributed by atoms with Gasteiger partial charge >= 0.3 is 5.97 Å². The zero-order chi connectivity index (χ0) is 22.1. The quantitative estimate of drug-likeness (QED) is 0.226. The number of amides is 1. The Morgan fingerprint density at radius 3 is 2.70 bits per heavy atom. The molecular weight excluding hydrogens is 410 g/mol. The van der Waals surface area contributed by atoms with Crippen LogP contribution in [0.3, 0.4) is 0 Å². The first-order valence-corrected chi connectivity index (χ1v) is 10.5. The second-order valence-electron chi connectivity index (χ2n) is 6.43. The molecule has 0 fully saturated rings. The number of esters is 1. The summed E-state index contributed by atoms with van der Waals surface area (Å²) in [7, 11) is 0. The Labute approximate surface area is 178 Å². The molecule has 0 bridgehead atoms. The highest BCUT2D eigenvalue weighted by Crippen LogP contribution is 2.28. The largest absolute Gasteiger partial charge is 0.483 e. The summed E-state index contributed by atoms with van der Waals surface area (Å²) in [6.07, 6.45) is 2.69. The maximum atomic E-state index is 12.9.